The number of terminal acetylenes is 1. The SMILES string of the molecule is C#C[C@@H]1c2ccccc2N(S(=O)(=O)c2ccc(C)cc2)C[C@H]1c1ccccc1. The Morgan fingerprint density at radius 2 is 1.57 bits per heavy atom. The van der Waals surface area contributed by atoms with Crippen LogP contribution in [0.3, 0.4) is 0 Å². The van der Waals surface area contributed by atoms with Crippen LogP contribution in [0.5, 0.6) is 0 Å². The lowest BCUT2D eigenvalue weighted by Crippen LogP contribution is -2.40. The van der Waals surface area contributed by atoms with Crippen LogP contribution in [0.15, 0.2) is 83.8 Å². The molecule has 1 aliphatic rings. The van der Waals surface area contributed by atoms with Crippen molar-refractivity contribution in [3.8, 4) is 12.3 Å². The van der Waals surface area contributed by atoms with E-state index in [0.717, 1.165) is 16.7 Å². The van der Waals surface area contributed by atoms with E-state index in [-0.39, 0.29) is 11.8 Å². The van der Waals surface area contributed by atoms with Crippen LogP contribution in [0.4, 0.5) is 5.69 Å². The van der Waals surface area contributed by atoms with Crippen LogP contribution in [0.1, 0.15) is 28.5 Å². The zero-order valence-electron chi connectivity index (χ0n) is 15.6. The van der Waals surface area contributed by atoms with Crippen LogP contribution in [-0.2, 0) is 10.0 Å². The first-order valence-corrected chi connectivity index (χ1v) is 10.7. The first kappa shape index (κ1) is 18.3. The summed E-state index contributed by atoms with van der Waals surface area (Å²) in [5, 5.41) is 0. The Balaban J connectivity index is 1.87. The molecule has 3 nitrogen and oxygen atoms in total. The fourth-order valence-corrected chi connectivity index (χ4v) is 5.36. The number of benzene rings is 3. The van der Waals surface area contributed by atoms with Gasteiger partial charge in [0.15, 0.2) is 0 Å². The van der Waals surface area contributed by atoms with Gasteiger partial charge in [0.2, 0.25) is 0 Å². The lowest BCUT2D eigenvalue weighted by atomic mass is 9.79. The van der Waals surface area contributed by atoms with Crippen molar-refractivity contribution in [2.45, 2.75) is 23.7 Å². The molecule has 0 N–H and O–H groups in total. The van der Waals surface area contributed by atoms with E-state index in [1.807, 2.05) is 73.7 Å². The smallest absolute Gasteiger partial charge is 0.264 e. The van der Waals surface area contributed by atoms with Crippen molar-refractivity contribution in [1.29, 1.82) is 0 Å². The number of rotatable bonds is 3. The maximum atomic E-state index is 13.5. The molecule has 0 aromatic heterocycles. The summed E-state index contributed by atoms with van der Waals surface area (Å²) in [6.07, 6.45) is 5.91. The summed E-state index contributed by atoms with van der Waals surface area (Å²) >= 11 is 0. The summed E-state index contributed by atoms with van der Waals surface area (Å²) < 4.78 is 28.5. The molecule has 0 bridgehead atoms. The molecule has 0 aliphatic carbocycles. The van der Waals surface area contributed by atoms with Gasteiger partial charge in [-0.25, -0.2) is 8.42 Å². The molecular weight excluding hydrogens is 366 g/mol. The molecular formula is C24H21NO2S. The topological polar surface area (TPSA) is 37.4 Å². The number of fused-ring (bicyclic) bond motifs is 1. The second-order valence-corrected chi connectivity index (χ2v) is 8.93. The van der Waals surface area contributed by atoms with Crippen molar-refractivity contribution in [2.75, 3.05) is 10.8 Å². The fourth-order valence-electron chi connectivity index (χ4n) is 3.85. The molecule has 4 rings (SSSR count). The minimum absolute atomic E-state index is 0.110. The van der Waals surface area contributed by atoms with Gasteiger partial charge < -0.3 is 0 Å². The highest BCUT2D eigenvalue weighted by Crippen LogP contribution is 2.44. The molecule has 0 unspecified atom stereocenters. The molecule has 1 heterocycles. The van der Waals surface area contributed by atoms with Crippen molar-refractivity contribution in [3.63, 3.8) is 0 Å². The van der Waals surface area contributed by atoms with Crippen molar-refractivity contribution in [2.24, 2.45) is 0 Å². The predicted molar refractivity (Wildman–Crippen MR) is 113 cm³/mol. The Hall–Kier alpha value is -3.03. The minimum atomic E-state index is -3.70. The molecule has 2 atom stereocenters. The molecule has 0 amide bonds. The molecule has 28 heavy (non-hydrogen) atoms. The summed E-state index contributed by atoms with van der Waals surface area (Å²) in [5.41, 5.74) is 3.61. The Bertz CT molecular complexity index is 1130. The molecule has 1 aliphatic heterocycles. The zero-order chi connectivity index (χ0) is 19.7. The van der Waals surface area contributed by atoms with Crippen LogP contribution in [-0.4, -0.2) is 15.0 Å². The summed E-state index contributed by atoms with van der Waals surface area (Å²) in [7, 11) is -3.70. The number of hydrogen-bond donors (Lipinski definition) is 0. The Kier molecular flexibility index (Phi) is 4.70. The summed E-state index contributed by atoms with van der Waals surface area (Å²) in [6, 6.07) is 24.4. The van der Waals surface area contributed by atoms with Gasteiger partial charge in [0.25, 0.3) is 10.0 Å². The number of hydrogen-bond acceptors (Lipinski definition) is 2. The highest BCUT2D eigenvalue weighted by atomic mass is 32.2. The molecule has 0 radical (unpaired) electrons. The van der Waals surface area contributed by atoms with Gasteiger partial charge in [0.1, 0.15) is 0 Å². The van der Waals surface area contributed by atoms with Crippen LogP contribution in [0, 0.1) is 19.3 Å². The third kappa shape index (κ3) is 3.08. The van der Waals surface area contributed by atoms with Crippen molar-refractivity contribution in [1.82, 2.24) is 0 Å². The van der Waals surface area contributed by atoms with Gasteiger partial charge in [-0.1, -0.05) is 72.1 Å². The van der Waals surface area contributed by atoms with E-state index in [0.29, 0.717) is 17.1 Å². The monoisotopic (exact) mass is 387 g/mol. The summed E-state index contributed by atoms with van der Waals surface area (Å²) in [6.45, 7) is 2.25. The van der Waals surface area contributed by atoms with Gasteiger partial charge in [-0.2, -0.15) is 0 Å². The Labute approximate surface area is 166 Å². The van der Waals surface area contributed by atoms with Crippen LogP contribution < -0.4 is 4.31 Å². The van der Waals surface area contributed by atoms with Gasteiger partial charge in [-0.15, -0.1) is 6.42 Å². The van der Waals surface area contributed by atoms with E-state index in [1.54, 1.807) is 12.1 Å². The van der Waals surface area contributed by atoms with Crippen molar-refractivity contribution < 1.29 is 8.42 Å². The summed E-state index contributed by atoms with van der Waals surface area (Å²) in [4.78, 5) is 0.291. The zero-order valence-corrected chi connectivity index (χ0v) is 16.4. The Morgan fingerprint density at radius 3 is 2.25 bits per heavy atom. The first-order valence-electron chi connectivity index (χ1n) is 9.22. The maximum absolute atomic E-state index is 13.5. The molecule has 3 aromatic carbocycles. The number of nitrogens with zero attached hydrogens (tertiary/aromatic N) is 1. The van der Waals surface area contributed by atoms with E-state index < -0.39 is 10.0 Å². The number of anilines is 1. The second-order valence-electron chi connectivity index (χ2n) is 7.07. The van der Waals surface area contributed by atoms with E-state index in [4.69, 9.17) is 6.42 Å². The highest BCUT2D eigenvalue weighted by Gasteiger charge is 2.38. The van der Waals surface area contributed by atoms with Crippen LogP contribution in [0.25, 0.3) is 0 Å². The van der Waals surface area contributed by atoms with Crippen LogP contribution >= 0.6 is 0 Å². The third-order valence-corrected chi connectivity index (χ3v) is 7.12. The largest absolute Gasteiger partial charge is 0.265 e. The average Bonchev–Trinajstić information content (AvgIpc) is 2.73. The normalized spacial score (nSPS) is 18.9. The van der Waals surface area contributed by atoms with Gasteiger partial charge in [-0.3, -0.25) is 4.31 Å². The first-order chi connectivity index (χ1) is 13.5. The average molecular weight is 388 g/mol. The maximum Gasteiger partial charge on any atom is 0.264 e. The van der Waals surface area contributed by atoms with E-state index in [1.165, 1.54) is 4.31 Å². The summed E-state index contributed by atoms with van der Waals surface area (Å²) in [5.74, 6) is 2.62. The highest BCUT2D eigenvalue weighted by molar-refractivity contribution is 7.92. The van der Waals surface area contributed by atoms with Gasteiger partial charge in [-0.05, 0) is 36.2 Å². The van der Waals surface area contributed by atoms with E-state index >= 15 is 0 Å². The molecule has 140 valence electrons. The van der Waals surface area contributed by atoms with Gasteiger partial charge in [0, 0.05) is 12.5 Å². The third-order valence-electron chi connectivity index (χ3n) is 5.32. The quantitative estimate of drug-likeness (QED) is 0.611. The van der Waals surface area contributed by atoms with Gasteiger partial charge in [0.05, 0.1) is 16.5 Å². The standard InChI is InChI=1S/C24H21NO2S/c1-3-21-22-11-7-8-12-24(22)25(17-23(21)19-9-5-4-6-10-19)28(26,27)20-15-13-18(2)14-16-20/h1,4-16,21,23H,17H2,2H3/t21-,23+/m1/s1. The fraction of sp³-hybridized carbons (Fsp3) is 0.167. The number of aryl methyl sites for hydroxylation is 1. The predicted octanol–water partition coefficient (Wildman–Crippen LogP) is 4.70. The Morgan fingerprint density at radius 1 is 0.929 bits per heavy atom. The minimum Gasteiger partial charge on any atom is -0.265 e. The lowest BCUT2D eigenvalue weighted by Gasteiger charge is -2.39. The molecule has 4 heteroatoms. The van der Waals surface area contributed by atoms with Crippen molar-refractivity contribution in [3.05, 3.63) is 95.6 Å². The van der Waals surface area contributed by atoms with Gasteiger partial charge >= 0.3 is 0 Å². The second kappa shape index (κ2) is 7.18. The van der Waals surface area contributed by atoms with Crippen LogP contribution in [0.2, 0.25) is 0 Å². The lowest BCUT2D eigenvalue weighted by molar-refractivity contribution is 0.567. The molecule has 0 fully saturated rings. The van der Waals surface area contributed by atoms with Crippen molar-refractivity contribution >= 4 is 15.7 Å². The number of sulfonamides is 1. The molecule has 0 spiro atoms. The molecule has 0 saturated heterocycles. The molecule has 0 saturated carbocycles. The number of para-hydroxylation sites is 1. The van der Waals surface area contributed by atoms with E-state index in [2.05, 4.69) is 5.92 Å². The molecule has 3 aromatic rings. The van der Waals surface area contributed by atoms with E-state index in [9.17, 15) is 8.42 Å².